The predicted octanol–water partition coefficient (Wildman–Crippen LogP) is 6.49. The van der Waals surface area contributed by atoms with Gasteiger partial charge in [-0.2, -0.15) is 26.3 Å². The van der Waals surface area contributed by atoms with E-state index >= 15 is 0 Å². The molecule has 176 valence electrons. The standard InChI is InChI=1S/C22H19F6N3OS/c23-21(24,25)18-11-16(14-3-1-2-4-15(14)31-18)29-12-5-7-13(8-6-12)30-20(32)17-9-10-19(33-17)22(26,27)28/h1-4,9-13H,5-8H2,(H,29,31)(H,30,32). The summed E-state index contributed by atoms with van der Waals surface area (Å²) >= 11 is 0.396. The molecule has 1 aromatic carbocycles. The van der Waals surface area contributed by atoms with Gasteiger partial charge >= 0.3 is 12.4 Å². The molecule has 33 heavy (non-hydrogen) atoms. The second-order valence-electron chi connectivity index (χ2n) is 7.90. The molecule has 3 aromatic rings. The Morgan fingerprint density at radius 3 is 2.21 bits per heavy atom. The Bertz CT molecular complexity index is 1150. The summed E-state index contributed by atoms with van der Waals surface area (Å²) in [4.78, 5) is 15.2. The lowest BCUT2D eigenvalue weighted by atomic mass is 9.90. The van der Waals surface area contributed by atoms with Crippen molar-refractivity contribution in [3.63, 3.8) is 0 Å². The number of para-hydroxylation sites is 1. The number of nitrogens with zero attached hydrogens (tertiary/aromatic N) is 1. The van der Waals surface area contributed by atoms with Crippen molar-refractivity contribution in [3.05, 3.63) is 57.9 Å². The number of aromatic nitrogens is 1. The lowest BCUT2D eigenvalue weighted by molar-refractivity contribution is -0.141. The molecule has 0 spiro atoms. The van der Waals surface area contributed by atoms with Crippen molar-refractivity contribution in [2.45, 2.75) is 50.1 Å². The number of nitrogens with one attached hydrogen (secondary N) is 2. The maximum Gasteiger partial charge on any atom is 0.433 e. The summed E-state index contributed by atoms with van der Waals surface area (Å²) in [6.07, 6.45) is -6.79. The van der Waals surface area contributed by atoms with Crippen LogP contribution in [0.1, 0.15) is 45.9 Å². The van der Waals surface area contributed by atoms with E-state index in [1.807, 2.05) is 0 Å². The number of anilines is 1. The quantitative estimate of drug-likeness (QED) is 0.414. The molecule has 0 unspecified atom stereocenters. The van der Waals surface area contributed by atoms with Crippen LogP contribution in [-0.2, 0) is 12.4 Å². The normalized spacial score (nSPS) is 19.5. The van der Waals surface area contributed by atoms with Crippen LogP contribution in [0, 0.1) is 0 Å². The second-order valence-corrected chi connectivity index (χ2v) is 8.98. The molecule has 0 aliphatic heterocycles. The van der Waals surface area contributed by atoms with Gasteiger partial charge in [0, 0.05) is 23.2 Å². The van der Waals surface area contributed by atoms with Crippen molar-refractivity contribution >= 4 is 33.8 Å². The first-order valence-electron chi connectivity index (χ1n) is 10.2. The number of hydrogen-bond acceptors (Lipinski definition) is 4. The second kappa shape index (κ2) is 8.85. The molecule has 0 atom stereocenters. The summed E-state index contributed by atoms with van der Waals surface area (Å²) in [6, 6.07) is 9.30. The van der Waals surface area contributed by atoms with E-state index in [0.717, 1.165) is 18.2 Å². The molecular weight excluding hydrogens is 468 g/mol. The van der Waals surface area contributed by atoms with E-state index in [1.165, 1.54) is 6.07 Å². The molecule has 2 aromatic heterocycles. The molecule has 4 nitrogen and oxygen atoms in total. The smallest absolute Gasteiger partial charge is 0.382 e. The molecule has 2 heterocycles. The molecule has 11 heteroatoms. The third-order valence-electron chi connectivity index (χ3n) is 5.54. The minimum absolute atomic E-state index is 0.00879. The van der Waals surface area contributed by atoms with Crippen LogP contribution in [-0.4, -0.2) is 23.0 Å². The van der Waals surface area contributed by atoms with Crippen LogP contribution < -0.4 is 10.6 Å². The summed E-state index contributed by atoms with van der Waals surface area (Å²) in [7, 11) is 0. The third kappa shape index (κ3) is 5.40. The fourth-order valence-corrected chi connectivity index (χ4v) is 4.69. The Balaban J connectivity index is 1.39. The summed E-state index contributed by atoms with van der Waals surface area (Å²) in [5.41, 5.74) is -0.387. The van der Waals surface area contributed by atoms with E-state index in [-0.39, 0.29) is 22.5 Å². The molecule has 1 amide bonds. The maximum absolute atomic E-state index is 13.3. The Morgan fingerprint density at radius 1 is 0.909 bits per heavy atom. The Labute approximate surface area is 189 Å². The molecule has 0 radical (unpaired) electrons. The van der Waals surface area contributed by atoms with E-state index < -0.39 is 28.8 Å². The third-order valence-corrected chi connectivity index (χ3v) is 6.67. The van der Waals surface area contributed by atoms with Gasteiger partial charge in [0.2, 0.25) is 0 Å². The number of amides is 1. The van der Waals surface area contributed by atoms with Gasteiger partial charge in [-0.15, -0.1) is 11.3 Å². The number of halogens is 6. The topological polar surface area (TPSA) is 54.0 Å². The van der Waals surface area contributed by atoms with Gasteiger partial charge in [0.15, 0.2) is 0 Å². The average Bonchev–Trinajstić information content (AvgIpc) is 3.25. The van der Waals surface area contributed by atoms with Crippen LogP contribution >= 0.6 is 11.3 Å². The van der Waals surface area contributed by atoms with Crippen molar-refractivity contribution in [1.82, 2.24) is 10.3 Å². The van der Waals surface area contributed by atoms with Crippen LogP contribution in [0.15, 0.2) is 42.5 Å². The van der Waals surface area contributed by atoms with Crippen LogP contribution in [0.2, 0.25) is 0 Å². The minimum atomic E-state index is -4.57. The summed E-state index contributed by atoms with van der Waals surface area (Å²) in [5, 5.41) is 6.53. The lowest BCUT2D eigenvalue weighted by Crippen LogP contribution is -2.40. The van der Waals surface area contributed by atoms with Gasteiger partial charge in [-0.25, -0.2) is 4.98 Å². The predicted molar refractivity (Wildman–Crippen MR) is 113 cm³/mol. The van der Waals surface area contributed by atoms with Crippen molar-refractivity contribution in [2.24, 2.45) is 0 Å². The van der Waals surface area contributed by atoms with Gasteiger partial charge in [0.05, 0.1) is 10.4 Å². The minimum Gasteiger partial charge on any atom is -0.382 e. The number of benzene rings is 1. The van der Waals surface area contributed by atoms with E-state index in [0.29, 0.717) is 48.1 Å². The Morgan fingerprint density at radius 2 is 1.58 bits per heavy atom. The van der Waals surface area contributed by atoms with E-state index in [9.17, 15) is 31.1 Å². The molecular formula is C22H19F6N3OS. The highest BCUT2D eigenvalue weighted by Gasteiger charge is 2.35. The maximum atomic E-state index is 13.3. The van der Waals surface area contributed by atoms with Crippen molar-refractivity contribution in [2.75, 3.05) is 5.32 Å². The van der Waals surface area contributed by atoms with Crippen molar-refractivity contribution in [1.29, 1.82) is 0 Å². The number of hydrogen-bond donors (Lipinski definition) is 2. The van der Waals surface area contributed by atoms with Gasteiger partial charge in [-0.3, -0.25) is 4.79 Å². The molecule has 1 fully saturated rings. The van der Waals surface area contributed by atoms with Gasteiger partial charge in [0.1, 0.15) is 10.6 Å². The number of carbonyl (C=O) groups excluding carboxylic acids is 1. The largest absolute Gasteiger partial charge is 0.433 e. The van der Waals surface area contributed by atoms with E-state index in [2.05, 4.69) is 15.6 Å². The highest BCUT2D eigenvalue weighted by atomic mass is 32.1. The van der Waals surface area contributed by atoms with Gasteiger partial charge in [-0.05, 0) is 49.9 Å². The molecule has 0 saturated heterocycles. The first-order chi connectivity index (χ1) is 15.5. The number of pyridine rings is 1. The molecule has 1 aliphatic carbocycles. The van der Waals surface area contributed by atoms with Crippen molar-refractivity contribution < 1.29 is 31.1 Å². The number of thiophene rings is 1. The zero-order chi connectivity index (χ0) is 23.8. The van der Waals surface area contributed by atoms with Gasteiger partial charge < -0.3 is 10.6 Å². The van der Waals surface area contributed by atoms with Gasteiger partial charge in [-0.1, -0.05) is 18.2 Å². The molecule has 1 saturated carbocycles. The SMILES string of the molecule is O=C(NC1CCC(Nc2cc(C(F)(F)F)nc3ccccc23)CC1)c1ccc(C(F)(F)F)s1. The first-order valence-corrected chi connectivity index (χ1v) is 11.0. The number of carbonyl (C=O) groups is 1. The highest BCUT2D eigenvalue weighted by molar-refractivity contribution is 7.14. The van der Waals surface area contributed by atoms with Crippen molar-refractivity contribution in [3.8, 4) is 0 Å². The Kier molecular flexibility index (Phi) is 6.26. The van der Waals surface area contributed by atoms with E-state index in [1.54, 1.807) is 18.2 Å². The molecule has 2 N–H and O–H groups in total. The van der Waals surface area contributed by atoms with Crippen LogP contribution in [0.3, 0.4) is 0 Å². The molecule has 1 aliphatic rings. The zero-order valence-electron chi connectivity index (χ0n) is 17.1. The van der Waals surface area contributed by atoms with Crippen LogP contribution in [0.4, 0.5) is 32.0 Å². The zero-order valence-corrected chi connectivity index (χ0v) is 17.9. The fraction of sp³-hybridized carbons (Fsp3) is 0.364. The van der Waals surface area contributed by atoms with E-state index in [4.69, 9.17) is 0 Å². The Hall–Kier alpha value is -2.82. The fourth-order valence-electron chi connectivity index (χ4n) is 3.91. The lowest BCUT2D eigenvalue weighted by Gasteiger charge is -2.30. The number of rotatable bonds is 4. The number of fused-ring (bicyclic) bond motifs is 1. The summed E-state index contributed by atoms with van der Waals surface area (Å²) in [6.45, 7) is 0. The first kappa shape index (κ1) is 23.3. The van der Waals surface area contributed by atoms with Crippen LogP contribution in [0.25, 0.3) is 10.9 Å². The number of alkyl halides is 6. The van der Waals surface area contributed by atoms with Gasteiger partial charge in [0.25, 0.3) is 5.91 Å². The molecule has 4 rings (SSSR count). The monoisotopic (exact) mass is 487 g/mol. The molecule has 0 bridgehead atoms. The highest BCUT2D eigenvalue weighted by Crippen LogP contribution is 2.36. The van der Waals surface area contributed by atoms with Crippen LogP contribution in [0.5, 0.6) is 0 Å². The summed E-state index contributed by atoms with van der Waals surface area (Å²) in [5.74, 6) is -0.554. The average molecular weight is 487 g/mol. The summed E-state index contributed by atoms with van der Waals surface area (Å²) < 4.78 is 78.0.